The average molecular weight is 1520 g/mol. The standard InChI is InChI=1S/C29H29N2.C26H25N2.2C25H24FN2/c1-18-13-27-20-6-8-21(9-7-20)28(27)16-26(18)29-25-11-10-22(23-5-4-12-30-17-23)15-24(25)14-19(2)31(29)3;1-17-12-19-6-4-7-20(19)15-25(17)26-24-10-9-21(22-8-5-11-27-16-22)14-23(24)13-18(2)28(26)3;1-15-11-23(17(3)18(4)24(15)26)25-22-9-8-19(20-7-6-10-27-14-20)13-21(22)12-16(2)28(25)5;1-15-11-16(2)24(26)23(18(15)4)25-22-9-8-19(20-7-6-10-27-14-20)13-21(22)12-17(3)28(25)5/h4-5,10-17,20-21H,6-9H2,1-3H3;5,8-16H,4,6-7H2,1-3H3;2*6-14H,1-5H3/q4*+1/i14D;13D;2*12D. The third-order valence-electron chi connectivity index (χ3n) is 25.1. The van der Waals surface area contributed by atoms with Gasteiger partial charge >= 0.3 is 0 Å². The molecular weight excluding hydrogens is 1410 g/mol. The smallest absolute Gasteiger partial charge is 0.223 e. The molecule has 0 atom stereocenters. The number of rotatable bonds is 8. The van der Waals surface area contributed by atoms with Crippen molar-refractivity contribution in [2.45, 2.75) is 140 Å². The number of halogens is 2. The summed E-state index contributed by atoms with van der Waals surface area (Å²) in [5.41, 5.74) is 34.3. The maximum atomic E-state index is 15.3. The van der Waals surface area contributed by atoms with Crippen LogP contribution in [0.15, 0.2) is 231 Å². The fourth-order valence-corrected chi connectivity index (χ4v) is 18.1. The molecule has 0 N–H and O–H groups in total. The van der Waals surface area contributed by atoms with Crippen molar-refractivity contribution < 1.29 is 32.5 Å². The zero-order valence-electron chi connectivity index (χ0n) is 73.1. The molecule has 0 unspecified atom stereocenters. The molecule has 115 heavy (non-hydrogen) atoms. The molecule has 10 heteroatoms. The summed E-state index contributed by atoms with van der Waals surface area (Å²) in [6, 6.07) is 56.9. The van der Waals surface area contributed by atoms with Gasteiger partial charge in [0.25, 0.3) is 0 Å². The molecule has 8 aromatic heterocycles. The van der Waals surface area contributed by atoms with Crippen molar-refractivity contribution in [3.63, 3.8) is 0 Å². The Balaban J connectivity index is 0.000000118. The van der Waals surface area contributed by atoms with Gasteiger partial charge in [-0.3, -0.25) is 19.9 Å². The molecule has 20 rings (SSSR count). The molecule has 0 radical (unpaired) electrons. The minimum Gasteiger partial charge on any atom is -0.264 e. The minimum atomic E-state index is -0.196. The molecular formula is C105H102F2N8+4. The van der Waals surface area contributed by atoms with E-state index in [1.807, 2.05) is 163 Å². The van der Waals surface area contributed by atoms with Crippen molar-refractivity contribution in [2.75, 3.05) is 0 Å². The van der Waals surface area contributed by atoms with E-state index in [-0.39, 0.29) is 11.6 Å². The molecule has 8 heterocycles. The van der Waals surface area contributed by atoms with Gasteiger partial charge in [0, 0.05) is 124 Å². The molecule has 4 aliphatic rings. The number of benzene rings is 8. The van der Waals surface area contributed by atoms with E-state index in [4.69, 9.17) is 5.48 Å². The first-order valence-electron chi connectivity index (χ1n) is 42.3. The number of aromatic nitrogens is 8. The lowest BCUT2D eigenvalue weighted by molar-refractivity contribution is -0.665. The zero-order valence-corrected chi connectivity index (χ0v) is 69.1. The predicted molar refractivity (Wildman–Crippen MR) is 468 cm³/mol. The number of fused-ring (bicyclic) bond motifs is 7. The number of pyridine rings is 8. The highest BCUT2D eigenvalue weighted by atomic mass is 19.1. The highest BCUT2D eigenvalue weighted by molar-refractivity contribution is 6.00. The van der Waals surface area contributed by atoms with Crippen molar-refractivity contribution >= 4 is 43.1 Å². The number of hydrogen-bond donors (Lipinski definition) is 0. The van der Waals surface area contributed by atoms with Gasteiger partial charge in [0.2, 0.25) is 22.8 Å². The first-order chi connectivity index (χ1) is 57.2. The molecule has 0 spiro atoms. The van der Waals surface area contributed by atoms with Gasteiger partial charge in [-0.05, 0) is 314 Å². The quantitative estimate of drug-likeness (QED) is 0.142. The predicted octanol–water partition coefficient (Wildman–Crippen LogP) is 23.8. The van der Waals surface area contributed by atoms with E-state index >= 15 is 4.39 Å². The Morgan fingerprint density at radius 3 is 1.07 bits per heavy atom. The monoisotopic (exact) mass is 1520 g/mol. The van der Waals surface area contributed by atoms with Gasteiger partial charge in [-0.2, -0.15) is 18.3 Å². The molecule has 2 bridgehead atoms. The maximum absolute atomic E-state index is 15.3. The summed E-state index contributed by atoms with van der Waals surface area (Å²) in [5.74, 6) is 1.14. The van der Waals surface area contributed by atoms with Gasteiger partial charge in [0.05, 0.1) is 49.3 Å². The summed E-state index contributed by atoms with van der Waals surface area (Å²) in [6.07, 6.45) is 23.5. The van der Waals surface area contributed by atoms with Crippen molar-refractivity contribution in [3.05, 3.63) is 333 Å². The van der Waals surface area contributed by atoms with E-state index in [1.54, 1.807) is 49.8 Å². The van der Waals surface area contributed by atoms with Crippen LogP contribution >= 0.6 is 0 Å². The Kier molecular flexibility index (Phi) is 19.8. The van der Waals surface area contributed by atoms with Crippen molar-refractivity contribution in [2.24, 2.45) is 28.2 Å². The highest BCUT2D eigenvalue weighted by Crippen LogP contribution is 2.51. The largest absolute Gasteiger partial charge is 0.264 e. The fourth-order valence-electron chi connectivity index (χ4n) is 18.1. The van der Waals surface area contributed by atoms with Crippen LogP contribution in [0, 0.1) is 94.7 Å². The molecule has 1 saturated carbocycles. The van der Waals surface area contributed by atoms with Gasteiger partial charge in [0.1, 0.15) is 39.8 Å². The third-order valence-corrected chi connectivity index (χ3v) is 25.1. The van der Waals surface area contributed by atoms with E-state index < -0.39 is 0 Å². The molecule has 0 saturated heterocycles. The van der Waals surface area contributed by atoms with Crippen molar-refractivity contribution in [1.29, 1.82) is 0 Å². The Labute approximate surface area is 681 Å². The number of aryl methyl sites for hydroxylation is 7. The van der Waals surface area contributed by atoms with Gasteiger partial charge in [0.15, 0.2) is 22.8 Å². The lowest BCUT2D eigenvalue weighted by Gasteiger charge is -2.38. The molecule has 8 aromatic carbocycles. The van der Waals surface area contributed by atoms with Gasteiger partial charge in [-0.15, -0.1) is 0 Å². The maximum Gasteiger partial charge on any atom is 0.223 e. The lowest BCUT2D eigenvalue weighted by atomic mass is 9.66. The van der Waals surface area contributed by atoms with E-state index in [0.29, 0.717) is 46.4 Å². The first kappa shape index (κ1) is 71.9. The average Bonchev–Trinajstić information content (AvgIpc) is 1.21. The molecule has 572 valence electrons. The van der Waals surface area contributed by atoms with Crippen LogP contribution in [0.4, 0.5) is 8.78 Å². The third kappa shape index (κ3) is 14.6. The summed E-state index contributed by atoms with van der Waals surface area (Å²) in [5, 5.41) is 7.86. The Morgan fingerprint density at radius 1 is 0.322 bits per heavy atom. The van der Waals surface area contributed by atoms with Crippen LogP contribution in [0.2, 0.25) is 0 Å². The molecule has 8 nitrogen and oxygen atoms in total. The highest BCUT2D eigenvalue weighted by Gasteiger charge is 2.35. The zero-order chi connectivity index (χ0) is 83.8. The van der Waals surface area contributed by atoms with Crippen LogP contribution in [0.1, 0.15) is 139 Å². The Morgan fingerprint density at radius 2 is 0.670 bits per heavy atom. The van der Waals surface area contributed by atoms with Crippen LogP contribution in [0.25, 0.3) is 133 Å². The van der Waals surface area contributed by atoms with Crippen LogP contribution in [0.3, 0.4) is 0 Å². The molecule has 1 fully saturated rings. The normalized spacial score (nSPS) is 14.4. The lowest BCUT2D eigenvalue weighted by Crippen LogP contribution is -2.35. The van der Waals surface area contributed by atoms with Gasteiger partial charge < -0.3 is 0 Å². The molecule has 0 amide bonds. The number of nitrogens with zero attached hydrogens (tertiary/aromatic N) is 8. The van der Waals surface area contributed by atoms with E-state index in [0.717, 1.165) is 156 Å². The second-order valence-electron chi connectivity index (χ2n) is 32.2. The van der Waals surface area contributed by atoms with Crippen LogP contribution in [-0.4, -0.2) is 19.9 Å². The summed E-state index contributed by atoms with van der Waals surface area (Å²) >= 11 is 0. The van der Waals surface area contributed by atoms with Crippen LogP contribution in [-0.2, 0) is 41.0 Å². The van der Waals surface area contributed by atoms with Gasteiger partial charge in [-0.25, -0.2) is 8.78 Å². The van der Waals surface area contributed by atoms with Crippen LogP contribution in [0.5, 0.6) is 0 Å². The van der Waals surface area contributed by atoms with Crippen molar-refractivity contribution in [1.82, 2.24) is 19.9 Å². The second kappa shape index (κ2) is 31.7. The van der Waals surface area contributed by atoms with Crippen LogP contribution < -0.4 is 18.3 Å². The Hall–Kier alpha value is -12.1. The summed E-state index contributed by atoms with van der Waals surface area (Å²) in [4.78, 5) is 17.0. The van der Waals surface area contributed by atoms with E-state index in [1.165, 1.54) is 89.7 Å². The summed E-state index contributed by atoms with van der Waals surface area (Å²) < 4.78 is 73.3. The second-order valence-corrected chi connectivity index (χ2v) is 32.2. The topological polar surface area (TPSA) is 67.1 Å². The summed E-state index contributed by atoms with van der Waals surface area (Å²) in [6.45, 7) is 23.8. The first-order valence-corrected chi connectivity index (χ1v) is 40.3. The number of hydrogen-bond acceptors (Lipinski definition) is 4. The van der Waals surface area contributed by atoms with E-state index in [9.17, 15) is 4.39 Å². The van der Waals surface area contributed by atoms with E-state index in [2.05, 4.69) is 155 Å². The SMILES string of the molecule is [2H]c1c(C)[n+](C)c(-c2c(C)c(C)cc(C)c2F)c2ccc(-c3cccnc3)cc12.[2H]c1c(C)[n+](C)c(-c2cc(C)c(F)c(C)c2C)c2ccc(-c3cccnc3)cc12.[2H]c1c(C)[n+](C)c(-c2cc3c(cc2C)C2CCC3CC2)c2ccc(-c3cccnc3)cc12.[2H]c1c(C)[n+](C)c(-c2cc3c(cc2C)CCC3)c2ccc(-c3cccnc3)cc12. The fraction of sp³-hybridized carbons (Fsp3) is 0.238. The molecule has 0 aliphatic heterocycles. The van der Waals surface area contributed by atoms with Crippen molar-refractivity contribution in [3.8, 4) is 89.5 Å². The molecule has 16 aromatic rings. The Bertz CT molecular complexity index is 6760. The summed E-state index contributed by atoms with van der Waals surface area (Å²) in [7, 11) is 8.09. The minimum absolute atomic E-state index is 0.147. The molecule has 4 aliphatic carbocycles. The van der Waals surface area contributed by atoms with Gasteiger partial charge in [-0.1, -0.05) is 66.7 Å².